The van der Waals surface area contributed by atoms with Gasteiger partial charge in [0.1, 0.15) is 5.75 Å². The Bertz CT molecular complexity index is 923. The lowest BCUT2D eigenvalue weighted by Crippen LogP contribution is -2.31. The summed E-state index contributed by atoms with van der Waals surface area (Å²) in [4.78, 5) is 3.66. The van der Waals surface area contributed by atoms with Crippen LogP contribution in [0.3, 0.4) is 0 Å². The fourth-order valence-corrected chi connectivity index (χ4v) is 3.89. The molecule has 2 aromatic carbocycles. The molecule has 0 bridgehead atoms. The minimum atomic E-state index is 0.228. The van der Waals surface area contributed by atoms with Crippen molar-refractivity contribution < 1.29 is 4.74 Å². The van der Waals surface area contributed by atoms with Gasteiger partial charge in [-0.25, -0.2) is 0 Å². The second-order valence-electron chi connectivity index (χ2n) is 6.86. The lowest BCUT2D eigenvalue weighted by molar-refractivity contribution is 0.415. The van der Waals surface area contributed by atoms with E-state index >= 15 is 0 Å². The van der Waals surface area contributed by atoms with Crippen LogP contribution < -0.4 is 10.1 Å². The normalized spacial score (nSPS) is 17.1. The highest BCUT2D eigenvalue weighted by atomic mass is 16.5. The van der Waals surface area contributed by atoms with Gasteiger partial charge in [0.2, 0.25) is 0 Å². The summed E-state index contributed by atoms with van der Waals surface area (Å²) in [6.07, 6.45) is 1.04. The molecule has 4 rings (SSSR count). The smallest absolute Gasteiger partial charge is 0.119 e. The van der Waals surface area contributed by atoms with Gasteiger partial charge in [0.25, 0.3) is 0 Å². The Labute approximate surface area is 143 Å². The molecule has 1 aliphatic rings. The summed E-state index contributed by atoms with van der Waals surface area (Å²) in [7, 11) is 1.73. The van der Waals surface area contributed by atoms with Crippen LogP contribution in [0.25, 0.3) is 10.9 Å². The van der Waals surface area contributed by atoms with Gasteiger partial charge in [-0.3, -0.25) is 0 Å². The summed E-state index contributed by atoms with van der Waals surface area (Å²) < 4.78 is 5.41. The predicted octanol–water partition coefficient (Wildman–Crippen LogP) is 4.34. The van der Waals surface area contributed by atoms with Gasteiger partial charge in [-0.15, -0.1) is 0 Å². The first-order valence-electron chi connectivity index (χ1n) is 8.58. The van der Waals surface area contributed by atoms with Gasteiger partial charge in [0.15, 0.2) is 0 Å². The second-order valence-corrected chi connectivity index (χ2v) is 6.86. The van der Waals surface area contributed by atoms with Gasteiger partial charge in [-0.05, 0) is 73.2 Å². The topological polar surface area (TPSA) is 37.0 Å². The first kappa shape index (κ1) is 15.3. The minimum Gasteiger partial charge on any atom is -0.497 e. The zero-order valence-corrected chi connectivity index (χ0v) is 14.8. The van der Waals surface area contributed by atoms with Gasteiger partial charge >= 0.3 is 0 Å². The van der Waals surface area contributed by atoms with Crippen molar-refractivity contribution in [3.8, 4) is 5.75 Å². The maximum absolute atomic E-state index is 5.41. The monoisotopic (exact) mass is 320 g/mol. The number of H-pyrrole nitrogens is 1. The molecule has 0 amide bonds. The highest BCUT2D eigenvalue weighted by Crippen LogP contribution is 2.36. The molecule has 0 aliphatic carbocycles. The number of ether oxygens (including phenoxy) is 1. The van der Waals surface area contributed by atoms with E-state index in [2.05, 4.69) is 55.3 Å². The Kier molecular flexibility index (Phi) is 3.61. The third-order valence-corrected chi connectivity index (χ3v) is 5.35. The number of nitrogens with one attached hydrogen (secondary N) is 2. The van der Waals surface area contributed by atoms with E-state index < -0.39 is 0 Å². The molecule has 124 valence electrons. The van der Waals surface area contributed by atoms with Crippen LogP contribution in [0.1, 0.15) is 39.6 Å². The van der Waals surface area contributed by atoms with Crippen LogP contribution in [0.5, 0.6) is 5.75 Å². The molecule has 24 heavy (non-hydrogen) atoms. The molecule has 0 fully saturated rings. The number of aryl methyl sites for hydroxylation is 3. The Morgan fingerprint density at radius 2 is 1.79 bits per heavy atom. The molecule has 1 unspecified atom stereocenters. The molecule has 0 spiro atoms. The minimum absolute atomic E-state index is 0.228. The van der Waals surface area contributed by atoms with Gasteiger partial charge in [-0.2, -0.15) is 0 Å². The van der Waals surface area contributed by atoms with Crippen molar-refractivity contribution in [3.05, 3.63) is 63.8 Å². The van der Waals surface area contributed by atoms with Crippen molar-refractivity contribution >= 4 is 10.9 Å². The number of rotatable bonds is 2. The number of aromatic amines is 1. The summed E-state index contributed by atoms with van der Waals surface area (Å²) in [6, 6.07) is 11.2. The van der Waals surface area contributed by atoms with Crippen LogP contribution in [-0.4, -0.2) is 18.6 Å². The molecule has 3 heteroatoms. The average Bonchev–Trinajstić information content (AvgIpc) is 2.96. The SMILES string of the molecule is COc1ccc2[nH]c3c(c2c1)CCNC3c1cc(C)c(C)cc1C. The number of aromatic nitrogens is 1. The van der Waals surface area contributed by atoms with Gasteiger partial charge in [0.05, 0.1) is 13.2 Å². The van der Waals surface area contributed by atoms with E-state index in [0.717, 1.165) is 18.7 Å². The van der Waals surface area contributed by atoms with Crippen LogP contribution in [0, 0.1) is 20.8 Å². The summed E-state index contributed by atoms with van der Waals surface area (Å²) in [5.74, 6) is 0.918. The first-order valence-corrected chi connectivity index (χ1v) is 8.58. The summed E-state index contributed by atoms with van der Waals surface area (Å²) >= 11 is 0. The predicted molar refractivity (Wildman–Crippen MR) is 99.1 cm³/mol. The van der Waals surface area contributed by atoms with Crippen molar-refractivity contribution in [1.82, 2.24) is 10.3 Å². The average molecular weight is 320 g/mol. The number of hydrogen-bond donors (Lipinski definition) is 2. The Morgan fingerprint density at radius 1 is 1.00 bits per heavy atom. The third-order valence-electron chi connectivity index (χ3n) is 5.35. The van der Waals surface area contributed by atoms with Gasteiger partial charge in [0, 0.05) is 23.1 Å². The van der Waals surface area contributed by atoms with E-state index in [1.165, 1.54) is 44.4 Å². The first-order chi connectivity index (χ1) is 11.6. The van der Waals surface area contributed by atoms with E-state index in [1.54, 1.807) is 7.11 Å². The second kappa shape index (κ2) is 5.67. The largest absolute Gasteiger partial charge is 0.497 e. The molecule has 3 nitrogen and oxygen atoms in total. The van der Waals surface area contributed by atoms with Crippen LogP contribution >= 0.6 is 0 Å². The van der Waals surface area contributed by atoms with Crippen molar-refractivity contribution in [2.45, 2.75) is 33.2 Å². The zero-order chi connectivity index (χ0) is 16.8. The van der Waals surface area contributed by atoms with Crippen LogP contribution in [0.2, 0.25) is 0 Å². The molecule has 2 heterocycles. The number of benzene rings is 2. The van der Waals surface area contributed by atoms with Gasteiger partial charge in [-0.1, -0.05) is 12.1 Å². The summed E-state index contributed by atoms with van der Waals surface area (Å²) in [5.41, 5.74) is 9.34. The maximum Gasteiger partial charge on any atom is 0.119 e. The van der Waals surface area contributed by atoms with Crippen molar-refractivity contribution in [1.29, 1.82) is 0 Å². The molecule has 0 saturated heterocycles. The fraction of sp³-hybridized carbons (Fsp3) is 0.333. The highest BCUT2D eigenvalue weighted by molar-refractivity contribution is 5.86. The lowest BCUT2D eigenvalue weighted by atomic mass is 9.90. The molecular formula is C21H24N2O. The zero-order valence-electron chi connectivity index (χ0n) is 14.8. The molecule has 2 N–H and O–H groups in total. The molecule has 3 aromatic rings. The standard InChI is InChI=1S/C21H24N2O/c1-12-9-14(3)17(10-13(12)2)20-21-16(7-8-22-20)18-11-15(24-4)5-6-19(18)23-21/h5-6,9-11,20,22-23H,7-8H2,1-4H3. The molecular weight excluding hydrogens is 296 g/mol. The van der Waals surface area contributed by atoms with Crippen LogP contribution in [-0.2, 0) is 6.42 Å². The molecule has 0 saturated carbocycles. The molecule has 1 atom stereocenters. The molecule has 1 aromatic heterocycles. The Morgan fingerprint density at radius 3 is 2.58 bits per heavy atom. The van der Waals surface area contributed by atoms with Gasteiger partial charge < -0.3 is 15.0 Å². The molecule has 0 radical (unpaired) electrons. The number of fused-ring (bicyclic) bond motifs is 3. The van der Waals surface area contributed by atoms with E-state index in [1.807, 2.05) is 6.07 Å². The molecule has 1 aliphatic heterocycles. The van der Waals surface area contributed by atoms with E-state index in [-0.39, 0.29) is 6.04 Å². The summed E-state index contributed by atoms with van der Waals surface area (Å²) in [5, 5.41) is 5.00. The lowest BCUT2D eigenvalue weighted by Gasteiger charge is -2.27. The van der Waals surface area contributed by atoms with E-state index in [4.69, 9.17) is 4.74 Å². The van der Waals surface area contributed by atoms with Crippen molar-refractivity contribution in [2.75, 3.05) is 13.7 Å². The maximum atomic E-state index is 5.41. The fourth-order valence-electron chi connectivity index (χ4n) is 3.89. The number of hydrogen-bond acceptors (Lipinski definition) is 2. The van der Waals surface area contributed by atoms with E-state index in [0.29, 0.717) is 0 Å². The van der Waals surface area contributed by atoms with E-state index in [9.17, 15) is 0 Å². The Balaban J connectivity index is 1.89. The van der Waals surface area contributed by atoms with Crippen LogP contribution in [0.4, 0.5) is 0 Å². The Hall–Kier alpha value is -2.26. The summed E-state index contributed by atoms with van der Waals surface area (Å²) in [6.45, 7) is 7.58. The highest BCUT2D eigenvalue weighted by Gasteiger charge is 2.26. The quantitative estimate of drug-likeness (QED) is 0.737. The third kappa shape index (κ3) is 2.31. The van der Waals surface area contributed by atoms with Crippen molar-refractivity contribution in [3.63, 3.8) is 0 Å². The number of methoxy groups -OCH3 is 1. The van der Waals surface area contributed by atoms with Crippen molar-refractivity contribution in [2.24, 2.45) is 0 Å². The van der Waals surface area contributed by atoms with Crippen LogP contribution in [0.15, 0.2) is 30.3 Å².